The maximum Gasteiger partial charge on any atom is 0.336 e. The minimum absolute atomic E-state index is 0.0488. The lowest BCUT2D eigenvalue weighted by Crippen LogP contribution is -2.22. The van der Waals surface area contributed by atoms with E-state index < -0.39 is 22.8 Å². The normalized spacial score (nSPS) is 11.3. The Hall–Kier alpha value is -3.98. The first-order valence-electron chi connectivity index (χ1n) is 9.76. The van der Waals surface area contributed by atoms with Crippen LogP contribution in [0.3, 0.4) is 0 Å². The van der Waals surface area contributed by atoms with Crippen molar-refractivity contribution in [3.8, 4) is 11.4 Å². The van der Waals surface area contributed by atoms with Crippen LogP contribution in [0.15, 0.2) is 85.9 Å². The molecule has 2 aromatic heterocycles. The highest BCUT2D eigenvalue weighted by Gasteiger charge is 2.17. The van der Waals surface area contributed by atoms with Crippen LogP contribution in [-0.4, -0.2) is 14.7 Å². The molecule has 5 rings (SSSR count). The fourth-order valence-corrected chi connectivity index (χ4v) is 4.56. The van der Waals surface area contributed by atoms with Gasteiger partial charge < -0.3 is 9.52 Å². The van der Waals surface area contributed by atoms with Gasteiger partial charge in [-0.05, 0) is 42.0 Å². The molecule has 1 N–H and O–H groups in total. The zero-order valence-corrected chi connectivity index (χ0v) is 17.6. The number of aromatic nitrogens is 2. The maximum absolute atomic E-state index is 14.6. The molecule has 2 heterocycles. The Morgan fingerprint density at radius 1 is 0.970 bits per heavy atom. The van der Waals surface area contributed by atoms with Crippen LogP contribution >= 0.6 is 11.8 Å². The Balaban J connectivity index is 1.67. The number of halogens is 2. The van der Waals surface area contributed by atoms with Crippen LogP contribution < -0.4 is 11.2 Å². The molecule has 0 aliphatic heterocycles. The summed E-state index contributed by atoms with van der Waals surface area (Å²) in [6.45, 7) is 0. The van der Waals surface area contributed by atoms with Crippen LogP contribution in [0.5, 0.6) is 5.75 Å². The third-order valence-electron chi connectivity index (χ3n) is 5.07. The summed E-state index contributed by atoms with van der Waals surface area (Å²) in [7, 11) is 0. The van der Waals surface area contributed by atoms with Crippen molar-refractivity contribution in [2.45, 2.75) is 10.9 Å². The average molecular weight is 464 g/mol. The van der Waals surface area contributed by atoms with Crippen LogP contribution in [0, 0.1) is 11.6 Å². The molecule has 164 valence electrons. The molecule has 0 amide bonds. The molecular weight excluding hydrogens is 450 g/mol. The van der Waals surface area contributed by atoms with Crippen LogP contribution in [-0.2, 0) is 5.75 Å². The number of aromatic hydroxyl groups is 1. The highest BCUT2D eigenvalue weighted by molar-refractivity contribution is 7.98. The number of hydrogen-bond donors (Lipinski definition) is 1. The highest BCUT2D eigenvalue weighted by atomic mass is 32.2. The van der Waals surface area contributed by atoms with E-state index in [1.165, 1.54) is 24.3 Å². The number of rotatable bonds is 4. The molecule has 0 unspecified atom stereocenters. The van der Waals surface area contributed by atoms with Crippen LogP contribution in [0.25, 0.3) is 27.6 Å². The summed E-state index contributed by atoms with van der Waals surface area (Å²) < 4.78 is 34.4. The predicted octanol–water partition coefficient (Wildman–Crippen LogP) is 4.77. The van der Waals surface area contributed by atoms with Gasteiger partial charge in [0.15, 0.2) is 5.16 Å². The van der Waals surface area contributed by atoms with Crippen LogP contribution in [0.1, 0.15) is 5.56 Å². The zero-order valence-electron chi connectivity index (χ0n) is 16.8. The molecule has 0 atom stereocenters. The van der Waals surface area contributed by atoms with Gasteiger partial charge in [-0.2, -0.15) is 0 Å². The maximum atomic E-state index is 14.6. The van der Waals surface area contributed by atoms with Gasteiger partial charge in [-0.25, -0.2) is 18.6 Å². The third kappa shape index (κ3) is 3.87. The predicted molar refractivity (Wildman–Crippen MR) is 121 cm³/mol. The summed E-state index contributed by atoms with van der Waals surface area (Å²) in [4.78, 5) is 29.8. The number of nitrogens with zero attached hydrogens (tertiary/aromatic N) is 2. The molecule has 0 aliphatic rings. The lowest BCUT2D eigenvalue weighted by molar-refractivity contribution is 0.473. The van der Waals surface area contributed by atoms with Gasteiger partial charge in [0, 0.05) is 29.3 Å². The van der Waals surface area contributed by atoms with Crippen molar-refractivity contribution in [3.63, 3.8) is 0 Å². The average Bonchev–Trinajstić information content (AvgIpc) is 2.78. The molecule has 0 saturated carbocycles. The summed E-state index contributed by atoms with van der Waals surface area (Å²) in [6, 6.07) is 15.3. The van der Waals surface area contributed by atoms with E-state index in [9.17, 15) is 23.5 Å². The Morgan fingerprint density at radius 3 is 2.61 bits per heavy atom. The lowest BCUT2D eigenvalue weighted by Gasteiger charge is -2.14. The second-order valence-corrected chi connectivity index (χ2v) is 8.15. The number of phenols is 1. The van der Waals surface area contributed by atoms with Crippen molar-refractivity contribution < 1.29 is 18.3 Å². The quantitative estimate of drug-likeness (QED) is 0.234. The number of fused-ring (bicyclic) bond motifs is 2. The first-order chi connectivity index (χ1) is 15.9. The van der Waals surface area contributed by atoms with Gasteiger partial charge >= 0.3 is 5.63 Å². The molecule has 0 radical (unpaired) electrons. The van der Waals surface area contributed by atoms with Gasteiger partial charge in [0.25, 0.3) is 5.56 Å². The van der Waals surface area contributed by atoms with E-state index in [0.29, 0.717) is 22.5 Å². The molecule has 3 aromatic carbocycles. The van der Waals surface area contributed by atoms with Crippen molar-refractivity contribution in [1.29, 1.82) is 0 Å². The Morgan fingerprint density at radius 2 is 1.79 bits per heavy atom. The molecule has 33 heavy (non-hydrogen) atoms. The number of thioether (sulfide) groups is 1. The molecule has 0 saturated heterocycles. The third-order valence-corrected chi connectivity index (χ3v) is 6.05. The Bertz CT molecular complexity index is 1660. The summed E-state index contributed by atoms with van der Waals surface area (Å²) in [6.07, 6.45) is 0. The van der Waals surface area contributed by atoms with E-state index in [1.807, 2.05) is 0 Å². The molecule has 5 aromatic rings. The van der Waals surface area contributed by atoms with Crippen molar-refractivity contribution in [1.82, 2.24) is 9.55 Å². The summed E-state index contributed by atoms with van der Waals surface area (Å²) in [5.41, 5.74) is -0.0185. The minimum atomic E-state index is -0.905. The molecular formula is C24H14F2N2O4S. The van der Waals surface area contributed by atoms with Gasteiger partial charge in [0.2, 0.25) is 0 Å². The van der Waals surface area contributed by atoms with Gasteiger partial charge in [0.1, 0.15) is 23.0 Å². The minimum Gasteiger partial charge on any atom is -0.508 e. The van der Waals surface area contributed by atoms with Crippen molar-refractivity contribution in [2.75, 3.05) is 0 Å². The van der Waals surface area contributed by atoms with E-state index in [2.05, 4.69) is 4.98 Å². The summed E-state index contributed by atoms with van der Waals surface area (Å²) in [5, 5.41) is 10.7. The van der Waals surface area contributed by atoms with Crippen molar-refractivity contribution in [3.05, 3.63) is 105 Å². The van der Waals surface area contributed by atoms with Gasteiger partial charge in [0.05, 0.1) is 16.6 Å². The van der Waals surface area contributed by atoms with Gasteiger partial charge in [-0.3, -0.25) is 9.36 Å². The summed E-state index contributed by atoms with van der Waals surface area (Å²) in [5.74, 6) is -1.52. The molecule has 0 bridgehead atoms. The number of phenolic OH excluding ortho intramolecular Hbond substituents is 1. The van der Waals surface area contributed by atoms with E-state index in [4.69, 9.17) is 4.42 Å². The largest absolute Gasteiger partial charge is 0.508 e. The van der Waals surface area contributed by atoms with E-state index in [0.717, 1.165) is 22.4 Å². The molecule has 0 aliphatic carbocycles. The standard InChI is InChI=1S/C24H14F2N2O4S/c25-14-5-8-20(18(26)10-14)28-23(31)17-3-1-2-4-19(17)27-24(28)33-12-13-9-22(30)32-21-11-15(29)6-7-16(13)21/h1-11,29H,12H2. The SMILES string of the molecule is O=c1cc(CSc2nc3ccccc3c(=O)n2-c2ccc(F)cc2F)c2ccc(O)cc2o1. The van der Waals surface area contributed by atoms with Crippen molar-refractivity contribution in [2.24, 2.45) is 0 Å². The fourth-order valence-electron chi connectivity index (χ4n) is 3.56. The van der Waals surface area contributed by atoms with Gasteiger partial charge in [-0.15, -0.1) is 0 Å². The first-order valence-corrected chi connectivity index (χ1v) is 10.7. The van der Waals surface area contributed by atoms with Crippen LogP contribution in [0.2, 0.25) is 0 Å². The second-order valence-electron chi connectivity index (χ2n) is 7.21. The monoisotopic (exact) mass is 464 g/mol. The number of benzene rings is 3. The lowest BCUT2D eigenvalue weighted by atomic mass is 10.1. The number of hydrogen-bond acceptors (Lipinski definition) is 6. The summed E-state index contributed by atoms with van der Waals surface area (Å²) >= 11 is 1.11. The highest BCUT2D eigenvalue weighted by Crippen LogP contribution is 2.29. The van der Waals surface area contributed by atoms with E-state index in [1.54, 1.807) is 30.3 Å². The first kappa shape index (κ1) is 20.9. The second kappa shape index (κ2) is 8.18. The van der Waals surface area contributed by atoms with Crippen LogP contribution in [0.4, 0.5) is 8.78 Å². The molecule has 6 nitrogen and oxygen atoms in total. The molecule has 0 spiro atoms. The zero-order chi connectivity index (χ0) is 23.1. The molecule has 0 fully saturated rings. The smallest absolute Gasteiger partial charge is 0.336 e. The van der Waals surface area contributed by atoms with E-state index >= 15 is 0 Å². The van der Waals surface area contributed by atoms with E-state index in [-0.39, 0.29) is 33.3 Å². The number of para-hydroxylation sites is 1. The van der Waals surface area contributed by atoms with Gasteiger partial charge in [-0.1, -0.05) is 23.9 Å². The fraction of sp³-hybridized carbons (Fsp3) is 0.0417. The molecule has 9 heteroatoms. The Labute approximate surface area is 188 Å². The topological polar surface area (TPSA) is 85.3 Å². The van der Waals surface area contributed by atoms with Crippen molar-refractivity contribution >= 4 is 33.6 Å². The Kier molecular flexibility index (Phi) is 5.18.